The van der Waals surface area contributed by atoms with Gasteiger partial charge in [-0.25, -0.2) is 4.79 Å². The number of carbonyl (C=O) groups is 1. The van der Waals surface area contributed by atoms with Gasteiger partial charge in [-0.3, -0.25) is 0 Å². The Hall–Kier alpha value is -2.00. The van der Waals surface area contributed by atoms with Gasteiger partial charge in [-0.1, -0.05) is 37.6 Å². The summed E-state index contributed by atoms with van der Waals surface area (Å²) in [7, 11) is 0. The highest BCUT2D eigenvalue weighted by atomic mass is 35.5. The largest absolute Gasteiger partial charge is 0.478 e. The second-order valence-corrected chi connectivity index (χ2v) is 6.91. The van der Waals surface area contributed by atoms with Gasteiger partial charge in [0.25, 0.3) is 0 Å². The van der Waals surface area contributed by atoms with Gasteiger partial charge in [0.15, 0.2) is 0 Å². The lowest BCUT2D eigenvalue weighted by molar-refractivity contribution is 0.0696. The number of fused-ring (bicyclic) bond motifs is 1. The van der Waals surface area contributed by atoms with Crippen LogP contribution in [0.1, 0.15) is 41.4 Å². The molecular formula is C18H18ClNO2. The Bertz CT molecular complexity index is 740. The second kappa shape index (κ2) is 5.33. The molecule has 22 heavy (non-hydrogen) atoms. The van der Waals surface area contributed by atoms with Gasteiger partial charge in [0.2, 0.25) is 0 Å². The first-order valence-corrected chi connectivity index (χ1v) is 7.63. The zero-order chi connectivity index (χ0) is 15.9. The zero-order valence-corrected chi connectivity index (χ0v) is 13.3. The molecule has 0 spiro atoms. The van der Waals surface area contributed by atoms with Gasteiger partial charge in [0.1, 0.15) is 0 Å². The summed E-state index contributed by atoms with van der Waals surface area (Å²) in [5, 5.41) is 13.5. The van der Waals surface area contributed by atoms with Crippen molar-refractivity contribution in [2.45, 2.75) is 26.3 Å². The maximum Gasteiger partial charge on any atom is 0.335 e. The van der Waals surface area contributed by atoms with Crippen LogP contribution in [-0.4, -0.2) is 11.1 Å². The summed E-state index contributed by atoms with van der Waals surface area (Å²) in [5.74, 6) is -0.900. The predicted molar refractivity (Wildman–Crippen MR) is 88.7 cm³/mol. The van der Waals surface area contributed by atoms with Crippen LogP contribution in [0.25, 0.3) is 0 Å². The topological polar surface area (TPSA) is 49.3 Å². The molecule has 0 aromatic heterocycles. The predicted octanol–water partition coefficient (Wildman–Crippen LogP) is 4.77. The average molecular weight is 316 g/mol. The fourth-order valence-electron chi connectivity index (χ4n) is 3.18. The standard InChI is InChI=1S/C18H18ClNO2/c1-18(2)10-13-9-14(19)6-7-15(13)20-16(18)11-4-3-5-12(8-11)17(21)22/h3-9,16,20H,10H2,1-2H3,(H,21,22)/t16-/m1/s1. The molecule has 0 amide bonds. The molecule has 0 aliphatic carbocycles. The van der Waals surface area contributed by atoms with Gasteiger partial charge >= 0.3 is 5.97 Å². The molecule has 0 fully saturated rings. The number of hydrogen-bond acceptors (Lipinski definition) is 2. The molecule has 0 bridgehead atoms. The SMILES string of the molecule is CC1(C)Cc2cc(Cl)ccc2N[C@@H]1c1cccc(C(=O)O)c1. The van der Waals surface area contributed by atoms with E-state index in [-0.39, 0.29) is 11.5 Å². The van der Waals surface area contributed by atoms with E-state index in [1.165, 1.54) is 5.56 Å². The second-order valence-electron chi connectivity index (χ2n) is 6.47. The van der Waals surface area contributed by atoms with Crippen LogP contribution < -0.4 is 5.32 Å². The van der Waals surface area contributed by atoms with E-state index in [4.69, 9.17) is 11.6 Å². The number of aromatic carboxylic acids is 1. The highest BCUT2D eigenvalue weighted by Gasteiger charge is 2.36. The highest BCUT2D eigenvalue weighted by Crippen LogP contribution is 2.45. The molecule has 3 nitrogen and oxygen atoms in total. The Balaban J connectivity index is 2.02. The number of carboxylic acid groups (broad SMARTS) is 1. The van der Waals surface area contributed by atoms with E-state index in [9.17, 15) is 9.90 Å². The first-order chi connectivity index (χ1) is 10.4. The lowest BCUT2D eigenvalue weighted by atomic mass is 9.73. The number of halogens is 1. The molecule has 1 atom stereocenters. The average Bonchev–Trinajstić information content (AvgIpc) is 2.45. The number of nitrogens with one attached hydrogen (secondary N) is 1. The highest BCUT2D eigenvalue weighted by molar-refractivity contribution is 6.30. The van der Waals surface area contributed by atoms with Crippen LogP contribution >= 0.6 is 11.6 Å². The molecule has 0 radical (unpaired) electrons. The summed E-state index contributed by atoms with van der Waals surface area (Å²) in [6.45, 7) is 4.36. The normalized spacial score (nSPS) is 19.1. The van der Waals surface area contributed by atoms with E-state index in [1.54, 1.807) is 18.2 Å². The Morgan fingerprint density at radius 1 is 1.27 bits per heavy atom. The molecule has 0 saturated carbocycles. The van der Waals surface area contributed by atoms with E-state index >= 15 is 0 Å². The molecule has 2 N–H and O–H groups in total. The summed E-state index contributed by atoms with van der Waals surface area (Å²) in [5.41, 5.74) is 3.52. The van der Waals surface area contributed by atoms with Gasteiger partial charge < -0.3 is 10.4 Å². The third-order valence-electron chi connectivity index (χ3n) is 4.26. The van der Waals surface area contributed by atoms with Crippen LogP contribution in [0.3, 0.4) is 0 Å². The molecule has 2 aromatic carbocycles. The van der Waals surface area contributed by atoms with Crippen molar-refractivity contribution in [3.8, 4) is 0 Å². The van der Waals surface area contributed by atoms with Crippen molar-refractivity contribution in [3.63, 3.8) is 0 Å². The molecule has 2 aromatic rings. The van der Waals surface area contributed by atoms with Gasteiger partial charge in [-0.15, -0.1) is 0 Å². The third kappa shape index (κ3) is 2.69. The molecule has 1 aliphatic rings. The number of benzene rings is 2. The fourth-order valence-corrected chi connectivity index (χ4v) is 3.37. The van der Waals surface area contributed by atoms with Crippen LogP contribution in [0, 0.1) is 5.41 Å². The van der Waals surface area contributed by atoms with E-state index in [2.05, 4.69) is 19.2 Å². The van der Waals surface area contributed by atoms with E-state index in [0.29, 0.717) is 5.56 Å². The molecule has 114 valence electrons. The summed E-state index contributed by atoms with van der Waals surface area (Å²) in [6.07, 6.45) is 0.887. The van der Waals surface area contributed by atoms with Crippen molar-refractivity contribution in [2.75, 3.05) is 5.32 Å². The van der Waals surface area contributed by atoms with Crippen LogP contribution in [0.4, 0.5) is 5.69 Å². The minimum Gasteiger partial charge on any atom is -0.478 e. The lowest BCUT2D eigenvalue weighted by Gasteiger charge is -2.41. The van der Waals surface area contributed by atoms with Crippen molar-refractivity contribution in [1.29, 1.82) is 0 Å². The van der Waals surface area contributed by atoms with E-state index < -0.39 is 5.97 Å². The molecule has 1 heterocycles. The summed E-state index contributed by atoms with van der Waals surface area (Å²) < 4.78 is 0. The van der Waals surface area contributed by atoms with Crippen molar-refractivity contribution in [2.24, 2.45) is 5.41 Å². The quantitative estimate of drug-likeness (QED) is 0.839. The first-order valence-electron chi connectivity index (χ1n) is 7.25. The van der Waals surface area contributed by atoms with Gasteiger partial charge in [0, 0.05) is 10.7 Å². The van der Waals surface area contributed by atoms with Crippen molar-refractivity contribution in [1.82, 2.24) is 0 Å². The lowest BCUT2D eigenvalue weighted by Crippen LogP contribution is -2.35. The van der Waals surface area contributed by atoms with Crippen molar-refractivity contribution >= 4 is 23.3 Å². The maximum absolute atomic E-state index is 11.2. The Kier molecular flexibility index (Phi) is 3.61. The summed E-state index contributed by atoms with van der Waals surface area (Å²) in [4.78, 5) is 11.2. The van der Waals surface area contributed by atoms with E-state index in [1.807, 2.05) is 24.3 Å². The number of anilines is 1. The Labute approximate surface area is 134 Å². The summed E-state index contributed by atoms with van der Waals surface area (Å²) in [6, 6.07) is 13.1. The van der Waals surface area contributed by atoms with Crippen molar-refractivity contribution in [3.05, 3.63) is 64.2 Å². The molecule has 0 unspecified atom stereocenters. The third-order valence-corrected chi connectivity index (χ3v) is 4.50. The fraction of sp³-hybridized carbons (Fsp3) is 0.278. The minimum atomic E-state index is -0.900. The van der Waals surface area contributed by atoms with Crippen LogP contribution in [-0.2, 0) is 6.42 Å². The number of rotatable bonds is 2. The zero-order valence-electron chi connectivity index (χ0n) is 12.6. The van der Waals surface area contributed by atoms with E-state index in [0.717, 1.165) is 22.7 Å². The van der Waals surface area contributed by atoms with Crippen molar-refractivity contribution < 1.29 is 9.90 Å². The molecule has 0 saturated heterocycles. The Morgan fingerprint density at radius 2 is 2.05 bits per heavy atom. The first kappa shape index (κ1) is 14.9. The minimum absolute atomic E-state index is 0.0468. The summed E-state index contributed by atoms with van der Waals surface area (Å²) >= 11 is 6.09. The smallest absolute Gasteiger partial charge is 0.335 e. The Morgan fingerprint density at radius 3 is 2.77 bits per heavy atom. The molecule has 4 heteroatoms. The number of carboxylic acids is 1. The van der Waals surface area contributed by atoms with Crippen LogP contribution in [0.15, 0.2) is 42.5 Å². The van der Waals surface area contributed by atoms with Gasteiger partial charge in [0.05, 0.1) is 11.6 Å². The van der Waals surface area contributed by atoms with Crippen LogP contribution in [0.2, 0.25) is 5.02 Å². The monoisotopic (exact) mass is 315 g/mol. The maximum atomic E-state index is 11.2. The molecule has 3 rings (SSSR count). The van der Waals surface area contributed by atoms with Crippen LogP contribution in [0.5, 0.6) is 0 Å². The molecular weight excluding hydrogens is 298 g/mol. The van der Waals surface area contributed by atoms with Gasteiger partial charge in [-0.2, -0.15) is 0 Å². The molecule has 1 aliphatic heterocycles. The van der Waals surface area contributed by atoms with Gasteiger partial charge in [-0.05, 0) is 53.3 Å². The number of hydrogen-bond donors (Lipinski definition) is 2.